The molecule has 140 valence electrons. The fourth-order valence-corrected chi connectivity index (χ4v) is 4.43. The molecule has 2 fully saturated rings. The molecule has 1 N–H and O–H groups in total. The average Bonchev–Trinajstić information content (AvgIpc) is 2.57. The molecule has 1 heterocycles. The van der Waals surface area contributed by atoms with Gasteiger partial charge in [0.1, 0.15) is 11.6 Å². The van der Waals surface area contributed by atoms with Gasteiger partial charge in [-0.1, -0.05) is 19.3 Å². The highest BCUT2D eigenvalue weighted by atomic mass is 19.1. The second kappa shape index (κ2) is 9.06. The van der Waals surface area contributed by atoms with Crippen LogP contribution in [0.5, 0.6) is 0 Å². The number of halogens is 2. The van der Waals surface area contributed by atoms with E-state index in [1.807, 2.05) is 0 Å². The van der Waals surface area contributed by atoms with E-state index in [2.05, 4.69) is 9.80 Å². The minimum Gasteiger partial charge on any atom is -0.396 e. The van der Waals surface area contributed by atoms with E-state index < -0.39 is 11.6 Å². The molecule has 1 aliphatic carbocycles. The molecule has 1 aromatic rings. The minimum absolute atomic E-state index is 0.189. The van der Waals surface area contributed by atoms with Crippen LogP contribution in [-0.4, -0.2) is 53.7 Å². The third kappa shape index (κ3) is 5.47. The van der Waals surface area contributed by atoms with E-state index in [1.54, 1.807) is 0 Å². The fraction of sp³-hybridized carbons (Fsp3) is 0.700. The number of piperazine rings is 1. The minimum atomic E-state index is -0.516. The highest BCUT2D eigenvalue weighted by molar-refractivity contribution is 5.18. The Labute approximate surface area is 149 Å². The molecule has 3 rings (SSSR count). The molecule has 0 spiro atoms. The molecule has 0 bridgehead atoms. The van der Waals surface area contributed by atoms with Crippen molar-refractivity contribution in [2.24, 2.45) is 5.92 Å². The van der Waals surface area contributed by atoms with Crippen molar-refractivity contribution in [3.63, 3.8) is 0 Å². The number of rotatable bonds is 6. The summed E-state index contributed by atoms with van der Waals surface area (Å²) in [5.41, 5.74) is 0.681. The number of hydrogen-bond acceptors (Lipinski definition) is 3. The maximum Gasteiger partial charge on any atom is 0.126 e. The van der Waals surface area contributed by atoms with Crippen LogP contribution in [-0.2, 0) is 6.54 Å². The maximum absolute atomic E-state index is 13.4. The first-order valence-corrected chi connectivity index (χ1v) is 9.66. The van der Waals surface area contributed by atoms with Gasteiger partial charge in [-0.25, -0.2) is 8.78 Å². The van der Waals surface area contributed by atoms with Crippen molar-refractivity contribution in [1.29, 1.82) is 0 Å². The lowest BCUT2D eigenvalue weighted by atomic mass is 9.88. The summed E-state index contributed by atoms with van der Waals surface area (Å²) in [5.74, 6) is -0.241. The molecule has 0 unspecified atom stereocenters. The number of nitrogens with zero attached hydrogens (tertiary/aromatic N) is 2. The molecule has 2 aliphatic rings. The molecule has 0 amide bonds. The first kappa shape index (κ1) is 18.7. The lowest BCUT2D eigenvalue weighted by Gasteiger charge is -2.43. The lowest BCUT2D eigenvalue weighted by molar-refractivity contribution is 0.0400. The number of hydrogen-bond donors (Lipinski definition) is 1. The molecule has 3 nitrogen and oxygen atoms in total. The number of aliphatic hydroxyl groups excluding tert-OH is 1. The van der Waals surface area contributed by atoms with Crippen molar-refractivity contribution in [3.05, 3.63) is 35.4 Å². The van der Waals surface area contributed by atoms with Crippen LogP contribution in [0.4, 0.5) is 8.78 Å². The predicted octanol–water partition coefficient (Wildman–Crippen LogP) is 3.41. The Hall–Kier alpha value is -1.04. The van der Waals surface area contributed by atoms with Crippen LogP contribution < -0.4 is 0 Å². The molecular formula is C20H30F2N2O. The van der Waals surface area contributed by atoms with Gasteiger partial charge in [0.05, 0.1) is 0 Å². The highest BCUT2D eigenvalue weighted by Gasteiger charge is 2.29. The van der Waals surface area contributed by atoms with Gasteiger partial charge >= 0.3 is 0 Å². The second-order valence-corrected chi connectivity index (χ2v) is 7.68. The zero-order valence-electron chi connectivity index (χ0n) is 15.0. The molecule has 1 saturated heterocycles. The summed E-state index contributed by atoms with van der Waals surface area (Å²) in [4.78, 5) is 4.79. The van der Waals surface area contributed by atoms with Crippen LogP contribution in [0.2, 0.25) is 0 Å². The monoisotopic (exact) mass is 352 g/mol. The molecule has 1 aromatic carbocycles. The average molecular weight is 352 g/mol. The van der Waals surface area contributed by atoms with Crippen molar-refractivity contribution >= 4 is 0 Å². The summed E-state index contributed by atoms with van der Waals surface area (Å²) in [6.45, 7) is 4.62. The van der Waals surface area contributed by atoms with Crippen LogP contribution >= 0.6 is 0 Å². The van der Waals surface area contributed by atoms with Gasteiger partial charge in [-0.2, -0.15) is 0 Å². The van der Waals surface area contributed by atoms with Crippen molar-refractivity contribution in [3.8, 4) is 0 Å². The van der Waals surface area contributed by atoms with Crippen molar-refractivity contribution in [2.75, 3.05) is 32.8 Å². The van der Waals surface area contributed by atoms with E-state index in [4.69, 9.17) is 0 Å². The van der Waals surface area contributed by atoms with Gasteiger partial charge in [0.25, 0.3) is 0 Å². The normalized spacial score (nSPS) is 23.9. The van der Waals surface area contributed by atoms with Crippen LogP contribution in [0, 0.1) is 17.6 Å². The molecule has 0 aromatic heterocycles. The smallest absolute Gasteiger partial charge is 0.126 e. The summed E-state index contributed by atoms with van der Waals surface area (Å²) in [6.07, 6.45) is 7.49. The van der Waals surface area contributed by atoms with Crippen LogP contribution in [0.25, 0.3) is 0 Å². The number of benzene rings is 1. The maximum atomic E-state index is 13.4. The van der Waals surface area contributed by atoms with E-state index in [0.29, 0.717) is 18.2 Å². The van der Waals surface area contributed by atoms with E-state index in [-0.39, 0.29) is 6.61 Å². The topological polar surface area (TPSA) is 26.7 Å². The van der Waals surface area contributed by atoms with E-state index in [9.17, 15) is 13.9 Å². The quantitative estimate of drug-likeness (QED) is 0.850. The van der Waals surface area contributed by atoms with Gasteiger partial charge in [0, 0.05) is 51.4 Å². The molecular weight excluding hydrogens is 322 g/mol. The molecule has 1 saturated carbocycles. The van der Waals surface area contributed by atoms with Gasteiger partial charge in [0.15, 0.2) is 0 Å². The molecule has 1 atom stereocenters. The standard InChI is InChI=1S/C20H30F2N2O/c21-18-10-17(11-19(22)12-18)13-23-7-8-24(20(15-23)6-9-25)14-16-4-2-1-3-5-16/h10-12,16,20,25H,1-9,13-15H2/t20-/m0/s1. The summed E-state index contributed by atoms with van der Waals surface area (Å²) < 4.78 is 26.8. The molecule has 25 heavy (non-hydrogen) atoms. The fourth-order valence-electron chi connectivity index (χ4n) is 4.43. The Balaban J connectivity index is 1.58. The van der Waals surface area contributed by atoms with Gasteiger partial charge in [-0.15, -0.1) is 0 Å². The lowest BCUT2D eigenvalue weighted by Crippen LogP contribution is -2.54. The van der Waals surface area contributed by atoms with Crippen LogP contribution in [0.1, 0.15) is 44.1 Å². The van der Waals surface area contributed by atoms with Crippen molar-refractivity contribution in [1.82, 2.24) is 9.80 Å². The van der Waals surface area contributed by atoms with Crippen LogP contribution in [0.15, 0.2) is 18.2 Å². The Bertz CT molecular complexity index is 528. The Kier molecular flexibility index (Phi) is 6.79. The zero-order valence-corrected chi connectivity index (χ0v) is 15.0. The first-order valence-electron chi connectivity index (χ1n) is 9.66. The zero-order chi connectivity index (χ0) is 17.6. The van der Waals surface area contributed by atoms with Gasteiger partial charge in [0.2, 0.25) is 0 Å². The van der Waals surface area contributed by atoms with E-state index in [0.717, 1.165) is 44.6 Å². The highest BCUT2D eigenvalue weighted by Crippen LogP contribution is 2.26. The molecule has 0 radical (unpaired) electrons. The Morgan fingerprint density at radius 1 is 1.00 bits per heavy atom. The summed E-state index contributed by atoms with van der Waals surface area (Å²) in [6, 6.07) is 4.08. The summed E-state index contributed by atoms with van der Waals surface area (Å²) >= 11 is 0. The number of aliphatic hydroxyl groups is 1. The third-order valence-electron chi connectivity index (χ3n) is 5.70. The third-order valence-corrected chi connectivity index (χ3v) is 5.70. The van der Waals surface area contributed by atoms with Gasteiger partial charge in [-0.05, 0) is 42.9 Å². The molecule has 5 heteroatoms. The summed E-state index contributed by atoms with van der Waals surface area (Å²) in [7, 11) is 0. The SMILES string of the molecule is OCC[C@H]1CN(Cc2cc(F)cc(F)c2)CCN1CC1CCCCC1. The van der Waals surface area contributed by atoms with Gasteiger partial charge in [-0.3, -0.25) is 9.80 Å². The first-order chi connectivity index (χ1) is 12.1. The van der Waals surface area contributed by atoms with Gasteiger partial charge < -0.3 is 5.11 Å². The van der Waals surface area contributed by atoms with Crippen LogP contribution in [0.3, 0.4) is 0 Å². The summed E-state index contributed by atoms with van der Waals surface area (Å²) in [5, 5.41) is 9.45. The van der Waals surface area contributed by atoms with Crippen molar-refractivity contribution in [2.45, 2.75) is 51.1 Å². The van der Waals surface area contributed by atoms with Crippen molar-refractivity contribution < 1.29 is 13.9 Å². The largest absolute Gasteiger partial charge is 0.396 e. The Morgan fingerprint density at radius 2 is 1.72 bits per heavy atom. The molecule has 1 aliphatic heterocycles. The second-order valence-electron chi connectivity index (χ2n) is 7.68. The Morgan fingerprint density at radius 3 is 2.40 bits per heavy atom. The van der Waals surface area contributed by atoms with E-state index in [1.165, 1.54) is 44.2 Å². The van der Waals surface area contributed by atoms with E-state index >= 15 is 0 Å². The predicted molar refractivity (Wildman–Crippen MR) is 95.3 cm³/mol.